The molecule has 0 fully saturated rings. The van der Waals surface area contributed by atoms with Gasteiger partial charge in [-0.05, 0) is 49.1 Å². The molecule has 0 heterocycles. The standard InChI is InChI=1S/C30H35FN2O2/c1-4-5-15-32-30(35)28(19-24-9-7-6-8-10-24)33(21-25-11-13-27(31)14-12-25)29(34)20-26-17-22(2)16-23(3)18-26/h6-14,16-18,28H,4-5,15,19-21H2,1-3H3,(H,32,35). The number of amides is 2. The van der Waals surface area contributed by atoms with Crippen molar-refractivity contribution >= 4 is 11.8 Å². The third kappa shape index (κ3) is 8.06. The summed E-state index contributed by atoms with van der Waals surface area (Å²) in [6.45, 7) is 6.88. The zero-order chi connectivity index (χ0) is 25.2. The number of nitrogens with one attached hydrogen (secondary N) is 1. The minimum absolute atomic E-state index is 0.133. The van der Waals surface area contributed by atoms with Crippen molar-refractivity contribution in [3.05, 3.63) is 106 Å². The van der Waals surface area contributed by atoms with Crippen LogP contribution in [0, 0.1) is 19.7 Å². The molecule has 3 rings (SSSR count). The quantitative estimate of drug-likeness (QED) is 0.371. The summed E-state index contributed by atoms with van der Waals surface area (Å²) in [6.07, 6.45) is 2.43. The molecule has 0 aliphatic heterocycles. The molecule has 0 spiro atoms. The molecule has 184 valence electrons. The van der Waals surface area contributed by atoms with Gasteiger partial charge in [0, 0.05) is 19.5 Å². The zero-order valence-electron chi connectivity index (χ0n) is 20.9. The first-order valence-corrected chi connectivity index (χ1v) is 12.3. The van der Waals surface area contributed by atoms with E-state index in [9.17, 15) is 14.0 Å². The van der Waals surface area contributed by atoms with Crippen LogP contribution >= 0.6 is 0 Å². The molecular formula is C30H35FN2O2. The van der Waals surface area contributed by atoms with E-state index in [1.807, 2.05) is 56.3 Å². The normalized spacial score (nSPS) is 11.7. The van der Waals surface area contributed by atoms with Crippen molar-refractivity contribution in [2.75, 3.05) is 6.54 Å². The third-order valence-electron chi connectivity index (χ3n) is 6.00. The van der Waals surface area contributed by atoms with Gasteiger partial charge in [0.1, 0.15) is 11.9 Å². The van der Waals surface area contributed by atoms with Gasteiger partial charge >= 0.3 is 0 Å². The predicted octanol–water partition coefficient (Wildman–Crippen LogP) is 5.54. The van der Waals surface area contributed by atoms with Gasteiger partial charge in [-0.3, -0.25) is 9.59 Å². The number of nitrogens with zero attached hydrogens (tertiary/aromatic N) is 1. The Morgan fingerprint density at radius 1 is 0.886 bits per heavy atom. The summed E-state index contributed by atoms with van der Waals surface area (Å²) in [7, 11) is 0. The van der Waals surface area contributed by atoms with Crippen LogP contribution in [0.2, 0.25) is 0 Å². The molecule has 3 aromatic rings. The number of halogens is 1. The Kier molecular flexibility index (Phi) is 9.59. The Balaban J connectivity index is 1.95. The molecule has 4 nitrogen and oxygen atoms in total. The van der Waals surface area contributed by atoms with Gasteiger partial charge in [-0.1, -0.05) is 85.1 Å². The molecule has 0 aliphatic carbocycles. The fourth-order valence-corrected chi connectivity index (χ4v) is 4.29. The highest BCUT2D eigenvalue weighted by atomic mass is 19.1. The average molecular weight is 475 g/mol. The van der Waals surface area contributed by atoms with Crippen LogP contribution in [-0.2, 0) is 29.0 Å². The molecule has 0 aliphatic rings. The second-order valence-electron chi connectivity index (χ2n) is 9.17. The predicted molar refractivity (Wildman–Crippen MR) is 138 cm³/mol. The number of carbonyl (C=O) groups is 2. The third-order valence-corrected chi connectivity index (χ3v) is 6.00. The van der Waals surface area contributed by atoms with Crippen LogP contribution in [-0.4, -0.2) is 29.3 Å². The van der Waals surface area contributed by atoms with E-state index in [1.165, 1.54) is 12.1 Å². The Bertz CT molecular complexity index is 1090. The van der Waals surface area contributed by atoms with Crippen LogP contribution in [0.3, 0.4) is 0 Å². The lowest BCUT2D eigenvalue weighted by atomic mass is 10.00. The molecule has 0 bridgehead atoms. The fourth-order valence-electron chi connectivity index (χ4n) is 4.29. The maximum absolute atomic E-state index is 13.7. The fraction of sp³-hybridized carbons (Fsp3) is 0.333. The maximum atomic E-state index is 13.7. The molecule has 5 heteroatoms. The number of rotatable bonds is 11. The minimum atomic E-state index is -0.683. The number of hydrogen-bond donors (Lipinski definition) is 1. The highest BCUT2D eigenvalue weighted by Gasteiger charge is 2.30. The van der Waals surface area contributed by atoms with E-state index in [4.69, 9.17) is 0 Å². The van der Waals surface area contributed by atoms with E-state index in [2.05, 4.69) is 18.3 Å². The van der Waals surface area contributed by atoms with Gasteiger partial charge in [0.05, 0.1) is 6.42 Å². The van der Waals surface area contributed by atoms with Gasteiger partial charge in [-0.15, -0.1) is 0 Å². The van der Waals surface area contributed by atoms with Crippen molar-refractivity contribution in [3.8, 4) is 0 Å². The molecule has 0 aromatic heterocycles. The van der Waals surface area contributed by atoms with E-state index >= 15 is 0 Å². The topological polar surface area (TPSA) is 49.4 Å². The number of aryl methyl sites for hydroxylation is 2. The molecule has 0 saturated heterocycles. The van der Waals surface area contributed by atoms with E-state index in [0.29, 0.717) is 13.0 Å². The number of unbranched alkanes of at least 4 members (excludes halogenated alkanes) is 1. The smallest absolute Gasteiger partial charge is 0.243 e. The summed E-state index contributed by atoms with van der Waals surface area (Å²) in [5.74, 6) is -0.635. The second kappa shape index (κ2) is 12.8. The molecule has 0 saturated carbocycles. The molecule has 2 amide bonds. The van der Waals surface area contributed by atoms with Gasteiger partial charge in [-0.2, -0.15) is 0 Å². The van der Waals surface area contributed by atoms with E-state index in [1.54, 1.807) is 17.0 Å². The SMILES string of the molecule is CCCCNC(=O)C(Cc1ccccc1)N(Cc1ccc(F)cc1)C(=O)Cc1cc(C)cc(C)c1. The molecule has 0 radical (unpaired) electrons. The van der Waals surface area contributed by atoms with Crippen molar-refractivity contribution < 1.29 is 14.0 Å². The summed E-state index contributed by atoms with van der Waals surface area (Å²) in [4.78, 5) is 28.8. The Morgan fingerprint density at radius 2 is 1.54 bits per heavy atom. The number of benzene rings is 3. The monoisotopic (exact) mass is 474 g/mol. The van der Waals surface area contributed by atoms with Crippen molar-refractivity contribution in [1.29, 1.82) is 0 Å². The minimum Gasteiger partial charge on any atom is -0.354 e. The van der Waals surface area contributed by atoms with Crippen LogP contribution < -0.4 is 5.32 Å². The Hall–Kier alpha value is -3.47. The highest BCUT2D eigenvalue weighted by molar-refractivity contribution is 5.88. The first-order valence-electron chi connectivity index (χ1n) is 12.3. The van der Waals surface area contributed by atoms with Gasteiger partial charge in [0.2, 0.25) is 11.8 Å². The van der Waals surface area contributed by atoms with Crippen molar-refractivity contribution in [1.82, 2.24) is 10.2 Å². The van der Waals surface area contributed by atoms with Gasteiger partial charge < -0.3 is 10.2 Å². The largest absolute Gasteiger partial charge is 0.354 e. The Labute approximate surface area is 208 Å². The lowest BCUT2D eigenvalue weighted by Crippen LogP contribution is -2.51. The van der Waals surface area contributed by atoms with Crippen LogP contribution in [0.25, 0.3) is 0 Å². The van der Waals surface area contributed by atoms with Crippen LogP contribution in [0.15, 0.2) is 72.8 Å². The zero-order valence-corrected chi connectivity index (χ0v) is 20.9. The summed E-state index contributed by atoms with van der Waals surface area (Å²) < 4.78 is 13.5. The molecular weight excluding hydrogens is 439 g/mol. The van der Waals surface area contributed by atoms with Gasteiger partial charge in [-0.25, -0.2) is 4.39 Å². The average Bonchev–Trinajstić information content (AvgIpc) is 2.82. The summed E-state index contributed by atoms with van der Waals surface area (Å²) >= 11 is 0. The van der Waals surface area contributed by atoms with E-state index in [0.717, 1.165) is 40.7 Å². The molecule has 3 aromatic carbocycles. The first-order chi connectivity index (χ1) is 16.9. The maximum Gasteiger partial charge on any atom is 0.243 e. The highest BCUT2D eigenvalue weighted by Crippen LogP contribution is 2.18. The first kappa shape index (κ1) is 26.1. The summed E-state index contributed by atoms with van der Waals surface area (Å²) in [5.41, 5.74) is 4.86. The lowest BCUT2D eigenvalue weighted by molar-refractivity contribution is -0.140. The van der Waals surface area contributed by atoms with Crippen LogP contribution in [0.4, 0.5) is 4.39 Å². The lowest BCUT2D eigenvalue weighted by Gasteiger charge is -2.32. The van der Waals surface area contributed by atoms with Crippen molar-refractivity contribution in [2.24, 2.45) is 0 Å². The number of hydrogen-bond acceptors (Lipinski definition) is 2. The summed E-state index contributed by atoms with van der Waals surface area (Å²) in [6, 6.07) is 21.2. The summed E-state index contributed by atoms with van der Waals surface area (Å²) in [5, 5.41) is 3.02. The number of carbonyl (C=O) groups excluding carboxylic acids is 2. The molecule has 35 heavy (non-hydrogen) atoms. The van der Waals surface area contributed by atoms with Gasteiger partial charge in [0.25, 0.3) is 0 Å². The molecule has 1 atom stereocenters. The van der Waals surface area contributed by atoms with Crippen molar-refractivity contribution in [2.45, 2.75) is 59.0 Å². The van der Waals surface area contributed by atoms with E-state index < -0.39 is 6.04 Å². The van der Waals surface area contributed by atoms with Crippen LogP contribution in [0.5, 0.6) is 0 Å². The van der Waals surface area contributed by atoms with Gasteiger partial charge in [0.15, 0.2) is 0 Å². The second-order valence-corrected chi connectivity index (χ2v) is 9.17. The van der Waals surface area contributed by atoms with Crippen LogP contribution in [0.1, 0.15) is 47.6 Å². The Morgan fingerprint density at radius 3 is 2.17 bits per heavy atom. The molecule has 1 unspecified atom stereocenters. The molecule has 1 N–H and O–H groups in total. The van der Waals surface area contributed by atoms with E-state index in [-0.39, 0.29) is 30.6 Å². The van der Waals surface area contributed by atoms with Crippen molar-refractivity contribution in [3.63, 3.8) is 0 Å².